The second-order valence-corrected chi connectivity index (χ2v) is 8.41. The molecule has 0 amide bonds. The standard InChI is InChI=1S/C22H22N2O2S2/c1-3-26-22(25)16(2)28-20-14-18(15-27-19-12-8-5-9-13-19)23-21(24-20)17-10-6-4-7-11-17/h4-14,16H,3,15H2,1-2H3. The summed E-state index contributed by atoms with van der Waals surface area (Å²) in [6.07, 6.45) is 0. The molecule has 0 aliphatic heterocycles. The lowest BCUT2D eigenvalue weighted by Gasteiger charge is -2.12. The highest BCUT2D eigenvalue weighted by molar-refractivity contribution is 8.00. The number of thioether (sulfide) groups is 2. The first-order valence-corrected chi connectivity index (χ1v) is 11.0. The van der Waals surface area contributed by atoms with Crippen LogP contribution in [-0.2, 0) is 15.3 Å². The molecule has 1 heterocycles. The van der Waals surface area contributed by atoms with Crippen molar-refractivity contribution >= 4 is 29.5 Å². The maximum Gasteiger partial charge on any atom is 0.319 e. The van der Waals surface area contributed by atoms with Crippen molar-refractivity contribution in [2.24, 2.45) is 0 Å². The van der Waals surface area contributed by atoms with Crippen LogP contribution in [-0.4, -0.2) is 27.8 Å². The summed E-state index contributed by atoms with van der Waals surface area (Å²) < 4.78 is 5.12. The molecule has 0 spiro atoms. The Balaban J connectivity index is 1.84. The lowest BCUT2D eigenvalue weighted by molar-refractivity contribution is -0.142. The Morgan fingerprint density at radius 1 is 1.04 bits per heavy atom. The molecule has 1 unspecified atom stereocenters. The van der Waals surface area contributed by atoms with E-state index in [1.165, 1.54) is 16.7 Å². The van der Waals surface area contributed by atoms with Crippen LogP contribution in [0.15, 0.2) is 76.7 Å². The highest BCUT2D eigenvalue weighted by Gasteiger charge is 2.18. The number of ether oxygens (including phenoxy) is 1. The van der Waals surface area contributed by atoms with Gasteiger partial charge in [0.1, 0.15) is 10.3 Å². The predicted molar refractivity (Wildman–Crippen MR) is 115 cm³/mol. The molecule has 4 nitrogen and oxygen atoms in total. The first kappa shape index (κ1) is 20.4. The average Bonchev–Trinajstić information content (AvgIpc) is 2.73. The van der Waals surface area contributed by atoms with E-state index in [0.717, 1.165) is 22.0 Å². The smallest absolute Gasteiger partial charge is 0.319 e. The number of aromatic nitrogens is 2. The van der Waals surface area contributed by atoms with E-state index >= 15 is 0 Å². The van der Waals surface area contributed by atoms with E-state index in [1.54, 1.807) is 11.8 Å². The Kier molecular flexibility index (Phi) is 7.51. The predicted octanol–water partition coefficient (Wildman–Crippen LogP) is 5.48. The summed E-state index contributed by atoms with van der Waals surface area (Å²) in [7, 11) is 0. The van der Waals surface area contributed by atoms with Crippen molar-refractivity contribution in [1.29, 1.82) is 0 Å². The maximum atomic E-state index is 12.0. The van der Waals surface area contributed by atoms with Gasteiger partial charge in [0.05, 0.1) is 12.3 Å². The summed E-state index contributed by atoms with van der Waals surface area (Å²) >= 11 is 3.13. The number of carbonyl (C=O) groups is 1. The zero-order valence-electron chi connectivity index (χ0n) is 15.9. The maximum absolute atomic E-state index is 12.0. The van der Waals surface area contributed by atoms with Gasteiger partial charge in [-0.25, -0.2) is 9.97 Å². The van der Waals surface area contributed by atoms with Gasteiger partial charge in [-0.1, -0.05) is 60.3 Å². The van der Waals surface area contributed by atoms with Crippen molar-refractivity contribution in [2.45, 2.75) is 34.8 Å². The fourth-order valence-electron chi connectivity index (χ4n) is 2.49. The molecule has 0 fully saturated rings. The van der Waals surface area contributed by atoms with Gasteiger partial charge in [0.15, 0.2) is 5.82 Å². The van der Waals surface area contributed by atoms with E-state index in [0.29, 0.717) is 12.4 Å². The minimum atomic E-state index is -0.326. The van der Waals surface area contributed by atoms with E-state index in [1.807, 2.05) is 68.4 Å². The first-order chi connectivity index (χ1) is 13.7. The van der Waals surface area contributed by atoms with Crippen LogP contribution < -0.4 is 0 Å². The number of nitrogens with zero attached hydrogens (tertiary/aromatic N) is 2. The molecule has 28 heavy (non-hydrogen) atoms. The van der Waals surface area contributed by atoms with Crippen LogP contribution in [0, 0.1) is 0 Å². The monoisotopic (exact) mass is 410 g/mol. The first-order valence-electron chi connectivity index (χ1n) is 9.10. The molecule has 1 atom stereocenters. The molecule has 2 aromatic carbocycles. The summed E-state index contributed by atoms with van der Waals surface area (Å²) in [5, 5.41) is 0.450. The zero-order valence-corrected chi connectivity index (χ0v) is 17.5. The van der Waals surface area contributed by atoms with Crippen molar-refractivity contribution in [3.63, 3.8) is 0 Å². The Labute approximate surface area is 174 Å². The molecule has 0 radical (unpaired) electrons. The molecular weight excluding hydrogens is 388 g/mol. The quantitative estimate of drug-likeness (QED) is 0.278. The molecule has 0 aliphatic rings. The van der Waals surface area contributed by atoms with E-state index < -0.39 is 0 Å². The molecule has 0 saturated heterocycles. The second kappa shape index (κ2) is 10.3. The molecule has 3 aromatic rings. The largest absolute Gasteiger partial charge is 0.465 e. The van der Waals surface area contributed by atoms with Crippen molar-refractivity contribution < 1.29 is 9.53 Å². The molecule has 0 saturated carbocycles. The number of hydrogen-bond donors (Lipinski definition) is 0. The molecule has 3 rings (SSSR count). The lowest BCUT2D eigenvalue weighted by Crippen LogP contribution is -2.17. The third kappa shape index (κ3) is 5.84. The zero-order chi connectivity index (χ0) is 19.8. The molecule has 0 aliphatic carbocycles. The van der Waals surface area contributed by atoms with Crippen molar-refractivity contribution in [1.82, 2.24) is 9.97 Å². The van der Waals surface area contributed by atoms with Gasteiger partial charge < -0.3 is 4.74 Å². The van der Waals surface area contributed by atoms with Crippen LogP contribution in [0.5, 0.6) is 0 Å². The van der Waals surface area contributed by atoms with E-state index in [2.05, 4.69) is 17.1 Å². The topological polar surface area (TPSA) is 52.1 Å². The Morgan fingerprint density at radius 3 is 2.39 bits per heavy atom. The van der Waals surface area contributed by atoms with Crippen molar-refractivity contribution in [3.8, 4) is 11.4 Å². The fraction of sp³-hybridized carbons (Fsp3) is 0.227. The average molecular weight is 411 g/mol. The van der Waals surface area contributed by atoms with Gasteiger partial charge in [0.25, 0.3) is 0 Å². The van der Waals surface area contributed by atoms with Gasteiger partial charge in [-0.2, -0.15) is 0 Å². The minimum absolute atomic E-state index is 0.229. The number of rotatable bonds is 8. The summed E-state index contributed by atoms with van der Waals surface area (Å²) in [4.78, 5) is 22.6. The highest BCUT2D eigenvalue weighted by atomic mass is 32.2. The highest BCUT2D eigenvalue weighted by Crippen LogP contribution is 2.28. The second-order valence-electron chi connectivity index (χ2n) is 6.00. The van der Waals surface area contributed by atoms with Crippen LogP contribution in [0.1, 0.15) is 19.5 Å². The van der Waals surface area contributed by atoms with Crippen LogP contribution in [0.25, 0.3) is 11.4 Å². The molecular formula is C22H22N2O2S2. The Bertz CT molecular complexity index is 905. The van der Waals surface area contributed by atoms with Gasteiger partial charge in [-0.05, 0) is 32.0 Å². The molecule has 144 valence electrons. The van der Waals surface area contributed by atoms with E-state index in [-0.39, 0.29) is 11.2 Å². The Hall–Kier alpha value is -2.31. The van der Waals surface area contributed by atoms with E-state index in [4.69, 9.17) is 9.72 Å². The minimum Gasteiger partial charge on any atom is -0.465 e. The van der Waals surface area contributed by atoms with Gasteiger partial charge >= 0.3 is 5.97 Å². The Morgan fingerprint density at radius 2 is 1.71 bits per heavy atom. The van der Waals surface area contributed by atoms with Crippen molar-refractivity contribution in [3.05, 3.63) is 72.4 Å². The normalized spacial score (nSPS) is 11.8. The van der Waals surface area contributed by atoms with Gasteiger partial charge in [0.2, 0.25) is 0 Å². The van der Waals surface area contributed by atoms with Crippen LogP contribution in [0.2, 0.25) is 0 Å². The lowest BCUT2D eigenvalue weighted by atomic mass is 10.2. The summed E-state index contributed by atoms with van der Waals surface area (Å²) in [6.45, 7) is 4.03. The van der Waals surface area contributed by atoms with E-state index in [9.17, 15) is 4.79 Å². The molecule has 0 bridgehead atoms. The van der Waals surface area contributed by atoms with Gasteiger partial charge in [0, 0.05) is 16.2 Å². The van der Waals surface area contributed by atoms with Gasteiger partial charge in [-0.3, -0.25) is 4.79 Å². The SMILES string of the molecule is CCOC(=O)C(C)Sc1cc(CSc2ccccc2)nc(-c2ccccc2)n1. The number of hydrogen-bond acceptors (Lipinski definition) is 6. The number of benzene rings is 2. The van der Waals surface area contributed by atoms with Crippen LogP contribution in [0.4, 0.5) is 0 Å². The van der Waals surface area contributed by atoms with Crippen LogP contribution in [0.3, 0.4) is 0 Å². The van der Waals surface area contributed by atoms with Crippen LogP contribution >= 0.6 is 23.5 Å². The number of esters is 1. The summed E-state index contributed by atoms with van der Waals surface area (Å²) in [5.74, 6) is 1.17. The van der Waals surface area contributed by atoms with Crippen molar-refractivity contribution in [2.75, 3.05) is 6.61 Å². The third-order valence-corrected chi connectivity index (χ3v) is 5.88. The molecule has 0 N–H and O–H groups in total. The number of carbonyl (C=O) groups excluding carboxylic acids is 1. The molecule has 6 heteroatoms. The summed E-state index contributed by atoms with van der Waals surface area (Å²) in [6, 6.07) is 22.1. The third-order valence-electron chi connectivity index (χ3n) is 3.83. The molecule has 1 aromatic heterocycles. The van der Waals surface area contributed by atoms with Gasteiger partial charge in [-0.15, -0.1) is 11.8 Å². The summed E-state index contributed by atoms with van der Waals surface area (Å²) in [5.41, 5.74) is 1.89. The fourth-order valence-corrected chi connectivity index (χ4v) is 4.17.